The zero-order valence-corrected chi connectivity index (χ0v) is 14.5. The van der Waals surface area contributed by atoms with Gasteiger partial charge in [0.15, 0.2) is 0 Å². The summed E-state index contributed by atoms with van der Waals surface area (Å²) in [4.78, 5) is 0. The highest BCUT2D eigenvalue weighted by atomic mass is 16.3. The standard InChI is InChI=1S/C20H29NO2/c1-15(2)10-20(19-7-5-4-6-16(19)3)21-12-18(13-22)11-17-8-9-23-14-17/h4-9,14-15,18,20-22H,10-13H2,1-3H3. The molecule has 1 heterocycles. The minimum Gasteiger partial charge on any atom is -0.472 e. The van der Waals surface area contributed by atoms with E-state index in [9.17, 15) is 5.11 Å². The molecule has 2 unspecified atom stereocenters. The first-order valence-corrected chi connectivity index (χ1v) is 8.51. The van der Waals surface area contributed by atoms with E-state index in [2.05, 4.69) is 50.4 Å². The molecule has 0 radical (unpaired) electrons. The number of nitrogens with one attached hydrogen (secondary N) is 1. The Balaban J connectivity index is 2.01. The van der Waals surface area contributed by atoms with Crippen molar-refractivity contribution in [1.82, 2.24) is 5.32 Å². The number of aliphatic hydroxyl groups is 1. The number of hydrogen-bond acceptors (Lipinski definition) is 3. The molecule has 2 rings (SSSR count). The van der Waals surface area contributed by atoms with Gasteiger partial charge in [0.05, 0.1) is 12.5 Å². The molecule has 1 aromatic carbocycles. The summed E-state index contributed by atoms with van der Waals surface area (Å²) in [6.07, 6.45) is 5.37. The predicted molar refractivity (Wildman–Crippen MR) is 94.4 cm³/mol. The van der Waals surface area contributed by atoms with Crippen LogP contribution < -0.4 is 5.32 Å². The molecule has 0 spiro atoms. The molecule has 2 atom stereocenters. The van der Waals surface area contributed by atoms with Crippen LogP contribution in [-0.2, 0) is 6.42 Å². The van der Waals surface area contributed by atoms with Gasteiger partial charge >= 0.3 is 0 Å². The Morgan fingerprint density at radius 2 is 1.96 bits per heavy atom. The Bertz CT molecular complexity index is 563. The van der Waals surface area contributed by atoms with Gasteiger partial charge in [0.1, 0.15) is 0 Å². The highest BCUT2D eigenvalue weighted by molar-refractivity contribution is 5.28. The molecule has 2 aromatic rings. The number of aliphatic hydroxyl groups excluding tert-OH is 1. The predicted octanol–water partition coefficient (Wildman–Crippen LogP) is 4.12. The fraction of sp³-hybridized carbons (Fsp3) is 0.500. The minimum absolute atomic E-state index is 0.181. The lowest BCUT2D eigenvalue weighted by Gasteiger charge is -2.25. The first-order valence-electron chi connectivity index (χ1n) is 8.51. The van der Waals surface area contributed by atoms with E-state index in [0.717, 1.165) is 24.9 Å². The third-order valence-electron chi connectivity index (χ3n) is 4.29. The molecule has 126 valence electrons. The Labute approximate surface area is 139 Å². The van der Waals surface area contributed by atoms with Gasteiger partial charge in [-0.05, 0) is 54.4 Å². The van der Waals surface area contributed by atoms with Crippen molar-refractivity contribution in [2.75, 3.05) is 13.2 Å². The fourth-order valence-corrected chi connectivity index (χ4v) is 3.02. The lowest BCUT2D eigenvalue weighted by Crippen LogP contribution is -2.31. The molecular formula is C20H29NO2. The molecule has 3 heteroatoms. The van der Waals surface area contributed by atoms with Crippen LogP contribution in [0, 0.1) is 18.8 Å². The molecule has 0 aliphatic heterocycles. The summed E-state index contributed by atoms with van der Waals surface area (Å²) in [5.74, 6) is 0.819. The SMILES string of the molecule is Cc1ccccc1C(CC(C)C)NCC(CO)Cc1ccoc1. The van der Waals surface area contributed by atoms with Crippen molar-refractivity contribution >= 4 is 0 Å². The molecule has 3 nitrogen and oxygen atoms in total. The minimum atomic E-state index is 0.181. The van der Waals surface area contributed by atoms with E-state index in [0.29, 0.717) is 12.0 Å². The van der Waals surface area contributed by atoms with E-state index in [1.54, 1.807) is 12.5 Å². The lowest BCUT2D eigenvalue weighted by atomic mass is 9.93. The van der Waals surface area contributed by atoms with E-state index in [4.69, 9.17) is 4.42 Å². The van der Waals surface area contributed by atoms with Gasteiger partial charge in [0.2, 0.25) is 0 Å². The average molecular weight is 315 g/mol. The van der Waals surface area contributed by atoms with E-state index in [-0.39, 0.29) is 12.5 Å². The van der Waals surface area contributed by atoms with Crippen molar-refractivity contribution in [2.24, 2.45) is 11.8 Å². The third-order valence-corrected chi connectivity index (χ3v) is 4.29. The molecule has 0 bridgehead atoms. The van der Waals surface area contributed by atoms with E-state index in [1.807, 2.05) is 6.07 Å². The van der Waals surface area contributed by atoms with E-state index < -0.39 is 0 Å². The molecular weight excluding hydrogens is 286 g/mol. The van der Waals surface area contributed by atoms with Gasteiger partial charge in [-0.15, -0.1) is 0 Å². The number of aryl methyl sites for hydroxylation is 1. The molecule has 0 saturated carbocycles. The molecule has 0 fully saturated rings. The van der Waals surface area contributed by atoms with Crippen molar-refractivity contribution in [3.05, 3.63) is 59.5 Å². The Morgan fingerprint density at radius 3 is 2.57 bits per heavy atom. The highest BCUT2D eigenvalue weighted by Crippen LogP contribution is 2.24. The topological polar surface area (TPSA) is 45.4 Å². The first-order chi connectivity index (χ1) is 11.1. The van der Waals surface area contributed by atoms with Crippen LogP contribution >= 0.6 is 0 Å². The van der Waals surface area contributed by atoms with Crippen molar-refractivity contribution in [2.45, 2.75) is 39.7 Å². The maximum atomic E-state index is 9.67. The summed E-state index contributed by atoms with van der Waals surface area (Å²) in [6.45, 7) is 7.65. The van der Waals surface area contributed by atoms with Crippen LogP contribution in [0.2, 0.25) is 0 Å². The second-order valence-electron chi connectivity index (χ2n) is 6.83. The quantitative estimate of drug-likeness (QED) is 0.732. The van der Waals surface area contributed by atoms with Crippen LogP contribution in [0.3, 0.4) is 0 Å². The molecule has 0 saturated heterocycles. The third kappa shape index (κ3) is 5.52. The number of benzene rings is 1. The fourth-order valence-electron chi connectivity index (χ4n) is 3.02. The molecule has 0 aliphatic rings. The van der Waals surface area contributed by atoms with Crippen LogP contribution in [-0.4, -0.2) is 18.3 Å². The second-order valence-corrected chi connectivity index (χ2v) is 6.83. The van der Waals surface area contributed by atoms with E-state index >= 15 is 0 Å². The maximum Gasteiger partial charge on any atom is 0.0934 e. The normalized spacial score (nSPS) is 14.1. The van der Waals surface area contributed by atoms with Crippen LogP contribution in [0.4, 0.5) is 0 Å². The van der Waals surface area contributed by atoms with Gasteiger partial charge in [-0.25, -0.2) is 0 Å². The van der Waals surface area contributed by atoms with Crippen molar-refractivity contribution in [3.8, 4) is 0 Å². The monoisotopic (exact) mass is 315 g/mol. The molecule has 0 amide bonds. The summed E-state index contributed by atoms with van der Waals surface area (Å²) in [5, 5.41) is 13.4. The summed E-state index contributed by atoms with van der Waals surface area (Å²) < 4.78 is 5.12. The first kappa shape index (κ1) is 17.8. The molecule has 2 N–H and O–H groups in total. The zero-order chi connectivity index (χ0) is 16.7. The average Bonchev–Trinajstić information content (AvgIpc) is 3.03. The van der Waals surface area contributed by atoms with Crippen molar-refractivity contribution < 1.29 is 9.52 Å². The van der Waals surface area contributed by atoms with Gasteiger partial charge in [0.25, 0.3) is 0 Å². The van der Waals surface area contributed by atoms with Gasteiger partial charge < -0.3 is 14.8 Å². The van der Waals surface area contributed by atoms with Crippen LogP contribution in [0.5, 0.6) is 0 Å². The number of hydrogen-bond donors (Lipinski definition) is 2. The zero-order valence-electron chi connectivity index (χ0n) is 14.5. The van der Waals surface area contributed by atoms with Crippen LogP contribution in [0.15, 0.2) is 47.3 Å². The Morgan fingerprint density at radius 1 is 1.17 bits per heavy atom. The second kappa shape index (κ2) is 8.90. The summed E-state index contributed by atoms with van der Waals surface area (Å²) in [6, 6.07) is 10.9. The molecule has 1 aromatic heterocycles. The van der Waals surface area contributed by atoms with Gasteiger partial charge in [-0.3, -0.25) is 0 Å². The van der Waals surface area contributed by atoms with Gasteiger partial charge in [-0.1, -0.05) is 38.1 Å². The van der Waals surface area contributed by atoms with Crippen LogP contribution in [0.25, 0.3) is 0 Å². The van der Waals surface area contributed by atoms with Crippen LogP contribution in [0.1, 0.15) is 43.0 Å². The lowest BCUT2D eigenvalue weighted by molar-refractivity contribution is 0.215. The number of rotatable bonds is 9. The van der Waals surface area contributed by atoms with Crippen molar-refractivity contribution in [1.29, 1.82) is 0 Å². The maximum absolute atomic E-state index is 9.67. The van der Waals surface area contributed by atoms with Gasteiger partial charge in [-0.2, -0.15) is 0 Å². The summed E-state index contributed by atoms with van der Waals surface area (Å²) in [7, 11) is 0. The number of furan rings is 1. The van der Waals surface area contributed by atoms with E-state index in [1.165, 1.54) is 11.1 Å². The largest absolute Gasteiger partial charge is 0.472 e. The van der Waals surface area contributed by atoms with Gasteiger partial charge in [0, 0.05) is 19.2 Å². The smallest absolute Gasteiger partial charge is 0.0934 e. The molecule has 23 heavy (non-hydrogen) atoms. The Hall–Kier alpha value is -1.58. The highest BCUT2D eigenvalue weighted by Gasteiger charge is 2.17. The Kier molecular flexibility index (Phi) is 6.87. The summed E-state index contributed by atoms with van der Waals surface area (Å²) in [5.41, 5.74) is 3.82. The van der Waals surface area contributed by atoms with Crippen molar-refractivity contribution in [3.63, 3.8) is 0 Å². The summed E-state index contributed by atoms with van der Waals surface area (Å²) >= 11 is 0. The molecule has 0 aliphatic carbocycles.